The SMILES string of the molecule is C=C(OCCc1ccccc1)/C(=C\C([SiH3])=C/C(C)OC)OCc1ccccc1. The predicted octanol–water partition coefficient (Wildman–Crippen LogP) is 4.14. The molecule has 1 atom stereocenters. The fourth-order valence-corrected chi connectivity index (χ4v) is 3.37. The Balaban J connectivity index is 2.02. The lowest BCUT2D eigenvalue weighted by Crippen LogP contribution is -2.05. The standard InChI is InChI=1S/C24H30O3Si/c1-19(25-3)16-23(28)17-24(27-18-22-12-8-5-9-13-22)20(2)26-15-14-21-10-6-4-7-11-21/h4-13,16-17,19H,2,14-15,18H2,1,3,28H3/b23-16+,24-17+. The van der Waals surface area contributed by atoms with Crippen LogP contribution in [-0.2, 0) is 27.2 Å². The van der Waals surface area contributed by atoms with Crippen molar-refractivity contribution >= 4 is 10.2 Å². The predicted molar refractivity (Wildman–Crippen MR) is 119 cm³/mol. The summed E-state index contributed by atoms with van der Waals surface area (Å²) in [4.78, 5) is 0. The third kappa shape index (κ3) is 7.99. The zero-order chi connectivity index (χ0) is 20.2. The summed E-state index contributed by atoms with van der Waals surface area (Å²) >= 11 is 0. The van der Waals surface area contributed by atoms with Crippen LogP contribution in [0.1, 0.15) is 18.1 Å². The summed E-state index contributed by atoms with van der Waals surface area (Å²) in [6, 6.07) is 20.4. The van der Waals surface area contributed by atoms with Crippen LogP contribution in [0.4, 0.5) is 0 Å². The maximum absolute atomic E-state index is 6.06. The summed E-state index contributed by atoms with van der Waals surface area (Å²) in [6.07, 6.45) is 4.99. The van der Waals surface area contributed by atoms with Crippen LogP contribution in [-0.4, -0.2) is 30.1 Å². The molecule has 0 aliphatic carbocycles. The highest BCUT2D eigenvalue weighted by molar-refractivity contribution is 6.23. The third-order valence-corrected chi connectivity index (χ3v) is 4.87. The van der Waals surface area contributed by atoms with Crippen LogP contribution in [0.3, 0.4) is 0 Å². The second kappa shape index (κ2) is 12.0. The Morgan fingerprint density at radius 2 is 1.61 bits per heavy atom. The number of ether oxygens (including phenoxy) is 3. The van der Waals surface area contributed by atoms with Gasteiger partial charge in [-0.2, -0.15) is 0 Å². The third-order valence-electron chi connectivity index (χ3n) is 4.25. The molecule has 0 aliphatic heterocycles. The van der Waals surface area contributed by atoms with Crippen molar-refractivity contribution in [2.24, 2.45) is 0 Å². The lowest BCUT2D eigenvalue weighted by molar-refractivity contribution is 0.145. The first-order chi connectivity index (χ1) is 13.6. The van der Waals surface area contributed by atoms with Gasteiger partial charge >= 0.3 is 0 Å². The molecule has 3 nitrogen and oxygen atoms in total. The van der Waals surface area contributed by atoms with Gasteiger partial charge in [-0.25, -0.2) is 0 Å². The van der Waals surface area contributed by atoms with E-state index in [1.807, 2.05) is 61.5 Å². The zero-order valence-electron chi connectivity index (χ0n) is 17.1. The Morgan fingerprint density at radius 1 is 1.00 bits per heavy atom. The van der Waals surface area contributed by atoms with E-state index in [2.05, 4.69) is 24.8 Å². The molecule has 0 aromatic heterocycles. The van der Waals surface area contributed by atoms with E-state index in [-0.39, 0.29) is 6.10 Å². The fraction of sp³-hybridized carbons (Fsp3) is 0.250. The van der Waals surface area contributed by atoms with Gasteiger partial charge in [-0.3, -0.25) is 0 Å². The molecule has 4 heteroatoms. The molecule has 0 N–H and O–H groups in total. The normalized spacial score (nSPS) is 13.2. The van der Waals surface area contributed by atoms with Gasteiger partial charge in [0.2, 0.25) is 0 Å². The molecule has 0 bridgehead atoms. The minimum Gasteiger partial charge on any atom is -0.490 e. The summed E-state index contributed by atoms with van der Waals surface area (Å²) < 4.78 is 17.3. The van der Waals surface area contributed by atoms with Gasteiger partial charge < -0.3 is 14.2 Å². The molecule has 0 saturated carbocycles. The van der Waals surface area contributed by atoms with Crippen molar-refractivity contribution in [2.75, 3.05) is 13.7 Å². The van der Waals surface area contributed by atoms with Crippen LogP contribution in [0.5, 0.6) is 0 Å². The molecule has 2 aromatic carbocycles. The molecule has 0 saturated heterocycles. The Labute approximate surface area is 171 Å². The first-order valence-electron chi connectivity index (χ1n) is 9.54. The van der Waals surface area contributed by atoms with Gasteiger partial charge in [0.05, 0.1) is 12.7 Å². The Bertz CT molecular complexity index is 782. The lowest BCUT2D eigenvalue weighted by atomic mass is 10.2. The monoisotopic (exact) mass is 394 g/mol. The number of rotatable bonds is 11. The van der Waals surface area contributed by atoms with E-state index in [1.165, 1.54) is 10.8 Å². The van der Waals surface area contributed by atoms with Gasteiger partial charge in [0.1, 0.15) is 6.61 Å². The van der Waals surface area contributed by atoms with Crippen LogP contribution in [0.2, 0.25) is 0 Å². The van der Waals surface area contributed by atoms with E-state index in [4.69, 9.17) is 14.2 Å². The van der Waals surface area contributed by atoms with E-state index < -0.39 is 0 Å². The van der Waals surface area contributed by atoms with Crippen LogP contribution < -0.4 is 0 Å². The number of allylic oxidation sites excluding steroid dienone is 2. The number of benzene rings is 2. The van der Waals surface area contributed by atoms with Crippen molar-refractivity contribution in [3.63, 3.8) is 0 Å². The van der Waals surface area contributed by atoms with E-state index >= 15 is 0 Å². The van der Waals surface area contributed by atoms with Crippen molar-refractivity contribution in [2.45, 2.75) is 26.1 Å². The molecule has 0 spiro atoms. The van der Waals surface area contributed by atoms with Crippen LogP contribution >= 0.6 is 0 Å². The van der Waals surface area contributed by atoms with Gasteiger partial charge in [0, 0.05) is 23.8 Å². The number of methoxy groups -OCH3 is 1. The average molecular weight is 395 g/mol. The van der Waals surface area contributed by atoms with Crippen LogP contribution in [0, 0.1) is 0 Å². The molecule has 148 valence electrons. The molecule has 0 aliphatic rings. The maximum Gasteiger partial charge on any atom is 0.160 e. The molecule has 0 radical (unpaired) electrons. The van der Waals surface area contributed by atoms with Crippen molar-refractivity contribution in [3.05, 3.63) is 107 Å². The number of hydrogen-bond acceptors (Lipinski definition) is 3. The summed E-state index contributed by atoms with van der Waals surface area (Å²) in [6.45, 7) is 7.14. The molecule has 0 amide bonds. The van der Waals surface area contributed by atoms with E-state index in [9.17, 15) is 0 Å². The molecule has 2 aromatic rings. The van der Waals surface area contributed by atoms with Gasteiger partial charge in [-0.05, 0) is 24.1 Å². The Morgan fingerprint density at radius 3 is 2.21 bits per heavy atom. The largest absolute Gasteiger partial charge is 0.490 e. The Hall–Kier alpha value is -2.56. The lowest BCUT2D eigenvalue weighted by Gasteiger charge is -2.15. The van der Waals surface area contributed by atoms with E-state index in [0.717, 1.165) is 22.2 Å². The average Bonchev–Trinajstić information content (AvgIpc) is 2.72. The number of hydrogen-bond donors (Lipinski definition) is 0. The van der Waals surface area contributed by atoms with Crippen LogP contribution in [0.25, 0.3) is 0 Å². The highest BCUT2D eigenvalue weighted by Crippen LogP contribution is 2.17. The van der Waals surface area contributed by atoms with Gasteiger partial charge in [-0.15, -0.1) is 0 Å². The van der Waals surface area contributed by atoms with Crippen molar-refractivity contribution < 1.29 is 14.2 Å². The van der Waals surface area contributed by atoms with Gasteiger partial charge in [-0.1, -0.05) is 78.5 Å². The van der Waals surface area contributed by atoms with E-state index in [1.54, 1.807) is 7.11 Å². The molecular weight excluding hydrogens is 364 g/mol. The van der Waals surface area contributed by atoms with Crippen molar-refractivity contribution in [3.8, 4) is 0 Å². The van der Waals surface area contributed by atoms with Gasteiger partial charge in [0.25, 0.3) is 0 Å². The summed E-state index contributed by atoms with van der Waals surface area (Å²) in [5.74, 6) is 1.22. The topological polar surface area (TPSA) is 27.7 Å². The molecular formula is C24H30O3Si. The van der Waals surface area contributed by atoms with Crippen molar-refractivity contribution in [1.29, 1.82) is 0 Å². The van der Waals surface area contributed by atoms with Crippen molar-refractivity contribution in [1.82, 2.24) is 0 Å². The summed E-state index contributed by atoms with van der Waals surface area (Å²) in [7, 11) is 2.58. The quantitative estimate of drug-likeness (QED) is 0.326. The summed E-state index contributed by atoms with van der Waals surface area (Å²) in [5, 5.41) is 1.17. The highest BCUT2D eigenvalue weighted by Gasteiger charge is 2.08. The van der Waals surface area contributed by atoms with E-state index in [0.29, 0.717) is 24.7 Å². The minimum atomic E-state index is 0.0615. The smallest absolute Gasteiger partial charge is 0.160 e. The maximum atomic E-state index is 6.06. The molecule has 0 heterocycles. The molecule has 0 fully saturated rings. The first-order valence-corrected chi connectivity index (χ1v) is 10.5. The molecule has 28 heavy (non-hydrogen) atoms. The fourth-order valence-electron chi connectivity index (χ4n) is 2.64. The Kier molecular flexibility index (Phi) is 9.32. The minimum absolute atomic E-state index is 0.0615. The van der Waals surface area contributed by atoms with Crippen LogP contribution in [0.15, 0.2) is 96.1 Å². The first kappa shape index (κ1) is 21.7. The molecule has 1 unspecified atom stereocenters. The van der Waals surface area contributed by atoms with Gasteiger partial charge in [0.15, 0.2) is 11.5 Å². The molecule has 2 rings (SSSR count). The zero-order valence-corrected chi connectivity index (χ0v) is 19.1. The second-order valence-corrected chi connectivity index (χ2v) is 7.80. The summed E-state index contributed by atoms with van der Waals surface area (Å²) in [5.41, 5.74) is 2.35. The second-order valence-electron chi connectivity index (χ2n) is 6.64. The highest BCUT2D eigenvalue weighted by atomic mass is 28.1.